The molecule has 1 aromatic carbocycles. The molecule has 2 aromatic heterocycles. The van der Waals surface area contributed by atoms with Crippen LogP contribution in [0.2, 0.25) is 5.15 Å². The van der Waals surface area contributed by atoms with Crippen LogP contribution in [0.15, 0.2) is 49.1 Å². The van der Waals surface area contributed by atoms with E-state index in [-0.39, 0.29) is 0 Å². The molecular formula is C15H14ClN5. The van der Waals surface area contributed by atoms with Crippen molar-refractivity contribution in [2.45, 2.75) is 13.5 Å². The highest BCUT2D eigenvalue weighted by molar-refractivity contribution is 6.30. The molecule has 0 amide bonds. The summed E-state index contributed by atoms with van der Waals surface area (Å²) in [5, 5.41) is 8.04. The minimum Gasteiger partial charge on any atom is -0.366 e. The van der Waals surface area contributed by atoms with Crippen molar-refractivity contribution in [2.75, 3.05) is 5.32 Å². The molecule has 0 unspecified atom stereocenters. The summed E-state index contributed by atoms with van der Waals surface area (Å²) < 4.78 is 1.84. The first-order valence-electron chi connectivity index (χ1n) is 6.54. The van der Waals surface area contributed by atoms with Crippen molar-refractivity contribution in [3.05, 3.63) is 65.3 Å². The Hall–Kier alpha value is -2.40. The van der Waals surface area contributed by atoms with Crippen LogP contribution >= 0.6 is 11.6 Å². The maximum absolute atomic E-state index is 6.00. The molecule has 0 atom stereocenters. The van der Waals surface area contributed by atoms with Gasteiger partial charge in [0.25, 0.3) is 0 Å². The normalized spacial score (nSPS) is 10.6. The molecule has 1 N–H and O–H groups in total. The van der Waals surface area contributed by atoms with Gasteiger partial charge in [-0.2, -0.15) is 5.10 Å². The Morgan fingerprint density at radius 1 is 1.19 bits per heavy atom. The topological polar surface area (TPSA) is 55.6 Å². The summed E-state index contributed by atoms with van der Waals surface area (Å²) in [7, 11) is 0. The van der Waals surface area contributed by atoms with Gasteiger partial charge in [-0.3, -0.25) is 0 Å². The molecule has 5 nitrogen and oxygen atoms in total. The van der Waals surface area contributed by atoms with Crippen LogP contribution in [-0.4, -0.2) is 19.7 Å². The minimum atomic E-state index is 0.466. The van der Waals surface area contributed by atoms with Gasteiger partial charge < -0.3 is 5.32 Å². The van der Waals surface area contributed by atoms with Gasteiger partial charge in [0.2, 0.25) is 0 Å². The maximum atomic E-state index is 6.00. The zero-order valence-corrected chi connectivity index (χ0v) is 12.2. The van der Waals surface area contributed by atoms with Gasteiger partial charge in [-0.25, -0.2) is 14.6 Å². The standard InChI is InChI=1S/C15H14ClN5/c1-11-14(16)18-10-19-15(11)17-9-12-5-2-3-6-13(12)21-8-4-7-20-21/h2-8,10H,9H2,1H3,(H,17,18,19). The van der Waals surface area contributed by atoms with E-state index in [0.717, 1.165) is 22.6 Å². The van der Waals surface area contributed by atoms with Crippen LogP contribution in [0, 0.1) is 6.92 Å². The van der Waals surface area contributed by atoms with E-state index in [4.69, 9.17) is 11.6 Å². The number of rotatable bonds is 4. The number of halogens is 1. The molecule has 3 aromatic rings. The molecule has 0 saturated carbocycles. The highest BCUT2D eigenvalue weighted by Crippen LogP contribution is 2.20. The Balaban J connectivity index is 1.85. The molecule has 0 bridgehead atoms. The summed E-state index contributed by atoms with van der Waals surface area (Å²) in [6.07, 6.45) is 5.14. The second-order valence-corrected chi connectivity index (χ2v) is 4.93. The summed E-state index contributed by atoms with van der Waals surface area (Å²) in [6.45, 7) is 2.52. The number of nitrogens with one attached hydrogen (secondary N) is 1. The third kappa shape index (κ3) is 2.87. The summed E-state index contributed by atoms with van der Waals surface area (Å²) in [6, 6.07) is 9.99. The van der Waals surface area contributed by atoms with Crippen LogP contribution < -0.4 is 5.32 Å². The molecule has 0 radical (unpaired) electrons. The monoisotopic (exact) mass is 299 g/mol. The number of para-hydroxylation sites is 1. The van der Waals surface area contributed by atoms with Crippen molar-refractivity contribution in [1.29, 1.82) is 0 Å². The van der Waals surface area contributed by atoms with Gasteiger partial charge in [-0.15, -0.1) is 0 Å². The number of aromatic nitrogens is 4. The van der Waals surface area contributed by atoms with Gasteiger partial charge in [-0.1, -0.05) is 29.8 Å². The molecule has 2 heterocycles. The van der Waals surface area contributed by atoms with Crippen molar-refractivity contribution in [3.63, 3.8) is 0 Å². The molecule has 21 heavy (non-hydrogen) atoms. The Labute approximate surface area is 127 Å². The molecule has 6 heteroatoms. The average molecular weight is 300 g/mol. The quantitative estimate of drug-likeness (QED) is 0.751. The first-order chi connectivity index (χ1) is 10.3. The first-order valence-corrected chi connectivity index (χ1v) is 6.92. The lowest BCUT2D eigenvalue weighted by Crippen LogP contribution is -2.07. The van der Waals surface area contributed by atoms with Crippen molar-refractivity contribution in [2.24, 2.45) is 0 Å². The highest BCUT2D eigenvalue weighted by atomic mass is 35.5. The first kappa shape index (κ1) is 13.6. The zero-order chi connectivity index (χ0) is 14.7. The van der Waals surface area contributed by atoms with Crippen LogP contribution in [0.5, 0.6) is 0 Å². The molecule has 0 aliphatic heterocycles. The summed E-state index contributed by atoms with van der Waals surface area (Å²) in [5.74, 6) is 0.741. The summed E-state index contributed by atoms with van der Waals surface area (Å²) in [5.41, 5.74) is 3.00. The number of nitrogens with zero attached hydrogens (tertiary/aromatic N) is 4. The average Bonchev–Trinajstić information content (AvgIpc) is 3.03. The number of hydrogen-bond acceptors (Lipinski definition) is 4. The van der Waals surface area contributed by atoms with E-state index >= 15 is 0 Å². The van der Waals surface area contributed by atoms with E-state index in [1.54, 1.807) is 6.20 Å². The van der Waals surface area contributed by atoms with E-state index in [2.05, 4.69) is 26.4 Å². The summed E-state index contributed by atoms with van der Waals surface area (Å²) in [4.78, 5) is 8.17. The van der Waals surface area contributed by atoms with Crippen molar-refractivity contribution >= 4 is 17.4 Å². The predicted molar refractivity (Wildman–Crippen MR) is 82.7 cm³/mol. The minimum absolute atomic E-state index is 0.466. The van der Waals surface area contributed by atoms with Gasteiger partial charge in [0.1, 0.15) is 17.3 Å². The molecule has 0 fully saturated rings. The van der Waals surface area contributed by atoms with Crippen molar-refractivity contribution in [3.8, 4) is 5.69 Å². The maximum Gasteiger partial charge on any atom is 0.137 e. The molecule has 0 saturated heterocycles. The van der Waals surface area contributed by atoms with E-state index in [1.807, 2.05) is 42.1 Å². The fourth-order valence-electron chi connectivity index (χ4n) is 2.08. The van der Waals surface area contributed by atoms with Crippen molar-refractivity contribution < 1.29 is 0 Å². The molecule has 0 aliphatic rings. The Morgan fingerprint density at radius 2 is 2.05 bits per heavy atom. The third-order valence-corrected chi connectivity index (χ3v) is 3.59. The second kappa shape index (κ2) is 5.93. The highest BCUT2D eigenvalue weighted by Gasteiger charge is 2.07. The van der Waals surface area contributed by atoms with E-state index in [0.29, 0.717) is 11.7 Å². The Morgan fingerprint density at radius 3 is 2.86 bits per heavy atom. The lowest BCUT2D eigenvalue weighted by atomic mass is 10.1. The molecule has 0 spiro atoms. The molecular weight excluding hydrogens is 286 g/mol. The van der Waals surface area contributed by atoms with Crippen LogP contribution in [0.4, 0.5) is 5.82 Å². The van der Waals surface area contributed by atoms with Crippen LogP contribution in [-0.2, 0) is 6.54 Å². The van der Waals surface area contributed by atoms with Crippen LogP contribution in [0.25, 0.3) is 5.69 Å². The van der Waals surface area contributed by atoms with E-state index in [9.17, 15) is 0 Å². The Kier molecular flexibility index (Phi) is 3.83. The van der Waals surface area contributed by atoms with E-state index in [1.165, 1.54) is 6.33 Å². The van der Waals surface area contributed by atoms with Crippen LogP contribution in [0.1, 0.15) is 11.1 Å². The largest absolute Gasteiger partial charge is 0.366 e. The van der Waals surface area contributed by atoms with Gasteiger partial charge in [-0.05, 0) is 24.6 Å². The summed E-state index contributed by atoms with van der Waals surface area (Å²) >= 11 is 6.00. The molecule has 0 aliphatic carbocycles. The van der Waals surface area contributed by atoms with Crippen LogP contribution in [0.3, 0.4) is 0 Å². The van der Waals surface area contributed by atoms with E-state index < -0.39 is 0 Å². The van der Waals surface area contributed by atoms with Gasteiger partial charge >= 0.3 is 0 Å². The Bertz CT molecular complexity index is 740. The second-order valence-electron chi connectivity index (χ2n) is 4.57. The number of benzene rings is 1. The fourth-order valence-corrected chi connectivity index (χ4v) is 2.21. The predicted octanol–water partition coefficient (Wildman–Crippen LogP) is 3.24. The van der Waals surface area contributed by atoms with Gasteiger partial charge in [0, 0.05) is 24.5 Å². The molecule has 106 valence electrons. The lowest BCUT2D eigenvalue weighted by molar-refractivity contribution is 0.863. The SMILES string of the molecule is Cc1c(Cl)ncnc1NCc1ccccc1-n1cccn1. The van der Waals surface area contributed by atoms with Crippen molar-refractivity contribution in [1.82, 2.24) is 19.7 Å². The fraction of sp³-hybridized carbons (Fsp3) is 0.133. The number of anilines is 1. The smallest absolute Gasteiger partial charge is 0.137 e. The zero-order valence-electron chi connectivity index (χ0n) is 11.5. The molecule has 3 rings (SSSR count). The van der Waals surface area contributed by atoms with Gasteiger partial charge in [0.05, 0.1) is 5.69 Å². The van der Waals surface area contributed by atoms with Gasteiger partial charge in [0.15, 0.2) is 0 Å². The lowest BCUT2D eigenvalue weighted by Gasteiger charge is -2.12. The third-order valence-electron chi connectivity index (χ3n) is 3.21. The number of hydrogen-bond donors (Lipinski definition) is 1.